The molecule has 34 heavy (non-hydrogen) atoms. The Bertz CT molecular complexity index is 1590. The third-order valence-electron chi connectivity index (χ3n) is 5.91. The molecule has 0 unspecified atom stereocenters. The van der Waals surface area contributed by atoms with Gasteiger partial charge in [0.05, 0.1) is 10.4 Å². The number of rotatable bonds is 6. The Morgan fingerprint density at radius 1 is 0.941 bits per heavy atom. The molecule has 0 radical (unpaired) electrons. The van der Waals surface area contributed by atoms with Crippen molar-refractivity contribution in [3.8, 4) is 0 Å². The average Bonchev–Trinajstić information content (AvgIpc) is 3.28. The molecular weight excluding hydrogens is 446 g/mol. The van der Waals surface area contributed by atoms with Gasteiger partial charge in [0.1, 0.15) is 5.82 Å². The van der Waals surface area contributed by atoms with Gasteiger partial charge in [-0.1, -0.05) is 73.2 Å². The monoisotopic (exact) mass is 471 g/mol. The molecule has 2 aromatic heterocycles. The molecule has 7 nitrogen and oxygen atoms in total. The average molecular weight is 472 g/mol. The summed E-state index contributed by atoms with van der Waals surface area (Å²) in [7, 11) is -3.91. The summed E-state index contributed by atoms with van der Waals surface area (Å²) in [6.45, 7) is 6.73. The third-order valence-corrected chi connectivity index (χ3v) is 7.58. The third kappa shape index (κ3) is 3.90. The molecule has 0 saturated carbocycles. The first kappa shape index (κ1) is 22.0. The Hall–Kier alpha value is -3.78. The van der Waals surface area contributed by atoms with Crippen molar-refractivity contribution in [1.82, 2.24) is 19.8 Å². The zero-order valence-electron chi connectivity index (χ0n) is 19.2. The van der Waals surface area contributed by atoms with Crippen LogP contribution in [0.2, 0.25) is 0 Å². The fraction of sp³-hybridized carbons (Fsp3) is 0.192. The van der Waals surface area contributed by atoms with Crippen molar-refractivity contribution in [3.63, 3.8) is 0 Å². The van der Waals surface area contributed by atoms with E-state index in [0.29, 0.717) is 18.3 Å². The second kappa shape index (κ2) is 8.53. The van der Waals surface area contributed by atoms with Crippen molar-refractivity contribution in [3.05, 3.63) is 89.5 Å². The maximum Gasteiger partial charge on any atom is 0.229 e. The fourth-order valence-electron chi connectivity index (χ4n) is 3.89. The Morgan fingerprint density at radius 3 is 2.35 bits per heavy atom. The van der Waals surface area contributed by atoms with Gasteiger partial charge in [-0.15, -0.1) is 5.10 Å². The molecule has 0 amide bonds. The molecule has 5 aromatic rings. The van der Waals surface area contributed by atoms with Gasteiger partial charge < -0.3 is 5.32 Å². The highest BCUT2D eigenvalue weighted by Gasteiger charge is 2.27. The lowest BCUT2D eigenvalue weighted by Crippen LogP contribution is -2.07. The standard InChI is InChI=1S/C26H25N5O2S/c1-17(2)20-12-14-21(15-13-20)34(32,33)26-25-28-24(27-16-19-10-8-18(3)9-11-19)22-6-4-5-7-23(22)31(25)30-29-26/h4-15,17H,16H2,1-3H3,(H,27,28). The normalized spacial score (nSPS) is 12.0. The van der Waals surface area contributed by atoms with Gasteiger partial charge >= 0.3 is 0 Å². The molecule has 8 heteroatoms. The smallest absolute Gasteiger partial charge is 0.229 e. The number of aryl methyl sites for hydroxylation is 1. The molecule has 172 valence electrons. The summed E-state index contributed by atoms with van der Waals surface area (Å²) in [5.41, 5.74) is 4.27. The molecular formula is C26H25N5O2S. The van der Waals surface area contributed by atoms with E-state index in [0.717, 1.165) is 22.0 Å². The van der Waals surface area contributed by atoms with Crippen LogP contribution in [-0.2, 0) is 16.4 Å². The van der Waals surface area contributed by atoms with Crippen molar-refractivity contribution in [1.29, 1.82) is 0 Å². The van der Waals surface area contributed by atoms with Crippen LogP contribution in [0.15, 0.2) is 82.7 Å². The molecule has 0 saturated heterocycles. The molecule has 0 bridgehead atoms. The number of fused-ring (bicyclic) bond motifs is 3. The van der Waals surface area contributed by atoms with Crippen molar-refractivity contribution < 1.29 is 8.42 Å². The molecule has 0 aliphatic rings. The highest BCUT2D eigenvalue weighted by atomic mass is 32.2. The van der Waals surface area contributed by atoms with Crippen LogP contribution in [0.3, 0.4) is 0 Å². The molecule has 0 fully saturated rings. The van der Waals surface area contributed by atoms with Crippen LogP contribution >= 0.6 is 0 Å². The zero-order chi connectivity index (χ0) is 23.9. The minimum atomic E-state index is -3.91. The number of sulfone groups is 1. The number of benzene rings is 3. The van der Waals surface area contributed by atoms with Gasteiger partial charge in [-0.2, -0.15) is 4.52 Å². The van der Waals surface area contributed by atoms with E-state index >= 15 is 0 Å². The number of hydrogen-bond acceptors (Lipinski definition) is 6. The lowest BCUT2D eigenvalue weighted by Gasteiger charge is -2.11. The largest absolute Gasteiger partial charge is 0.365 e. The summed E-state index contributed by atoms with van der Waals surface area (Å²) in [5.74, 6) is 0.889. The van der Waals surface area contributed by atoms with Gasteiger partial charge in [0.15, 0.2) is 5.65 Å². The second-order valence-corrected chi connectivity index (χ2v) is 10.5. The Morgan fingerprint density at radius 2 is 1.65 bits per heavy atom. The van der Waals surface area contributed by atoms with Crippen molar-refractivity contribution in [2.45, 2.75) is 43.2 Å². The fourth-order valence-corrected chi connectivity index (χ4v) is 5.12. The van der Waals surface area contributed by atoms with E-state index < -0.39 is 9.84 Å². The molecule has 5 rings (SSSR count). The van der Waals surface area contributed by atoms with Crippen molar-refractivity contribution >= 4 is 32.2 Å². The van der Waals surface area contributed by atoms with Crippen LogP contribution < -0.4 is 5.32 Å². The van der Waals surface area contributed by atoms with Crippen molar-refractivity contribution in [2.24, 2.45) is 0 Å². The first-order chi connectivity index (χ1) is 16.3. The van der Waals surface area contributed by atoms with E-state index in [9.17, 15) is 8.42 Å². The van der Waals surface area contributed by atoms with Gasteiger partial charge in [0.2, 0.25) is 14.9 Å². The van der Waals surface area contributed by atoms with Gasteiger partial charge in [-0.3, -0.25) is 0 Å². The number of para-hydroxylation sites is 1. The van der Waals surface area contributed by atoms with Gasteiger partial charge in [0, 0.05) is 11.9 Å². The van der Waals surface area contributed by atoms with Crippen LogP contribution in [0, 0.1) is 6.92 Å². The lowest BCUT2D eigenvalue weighted by molar-refractivity contribution is 0.592. The van der Waals surface area contributed by atoms with E-state index in [-0.39, 0.29) is 15.6 Å². The number of nitrogens with zero attached hydrogens (tertiary/aromatic N) is 4. The first-order valence-electron chi connectivity index (χ1n) is 11.1. The van der Waals surface area contributed by atoms with Crippen LogP contribution in [-0.4, -0.2) is 28.2 Å². The molecule has 0 atom stereocenters. The number of hydrogen-bond donors (Lipinski definition) is 1. The number of nitrogens with one attached hydrogen (secondary N) is 1. The summed E-state index contributed by atoms with van der Waals surface area (Å²) < 4.78 is 28.4. The van der Waals surface area contributed by atoms with Gasteiger partial charge in [-0.25, -0.2) is 13.4 Å². The SMILES string of the molecule is Cc1ccc(CNc2nc3c(S(=O)(=O)c4ccc(C(C)C)cc4)nnn3c3ccccc23)cc1. The second-order valence-electron chi connectivity index (χ2n) is 8.67. The molecule has 1 N–H and O–H groups in total. The maximum absolute atomic E-state index is 13.5. The number of aromatic nitrogens is 4. The highest BCUT2D eigenvalue weighted by molar-refractivity contribution is 7.91. The molecule has 0 spiro atoms. The summed E-state index contributed by atoms with van der Waals surface area (Å²) in [4.78, 5) is 4.85. The minimum absolute atomic E-state index is 0.158. The topological polar surface area (TPSA) is 89.2 Å². The maximum atomic E-state index is 13.5. The van der Waals surface area contributed by atoms with Crippen LogP contribution in [0.5, 0.6) is 0 Å². The highest BCUT2D eigenvalue weighted by Crippen LogP contribution is 2.29. The molecule has 2 heterocycles. The Balaban J connectivity index is 1.61. The predicted octanol–water partition coefficient (Wildman–Crippen LogP) is 5.15. The van der Waals surface area contributed by atoms with Crippen LogP contribution in [0.4, 0.5) is 5.82 Å². The quantitative estimate of drug-likeness (QED) is 0.368. The summed E-state index contributed by atoms with van der Waals surface area (Å²) in [5, 5.41) is 12.2. The Labute approximate surface area is 198 Å². The van der Waals surface area contributed by atoms with E-state index in [1.165, 1.54) is 10.1 Å². The molecule has 3 aromatic carbocycles. The lowest BCUT2D eigenvalue weighted by atomic mass is 10.0. The van der Waals surface area contributed by atoms with Crippen LogP contribution in [0.25, 0.3) is 16.6 Å². The zero-order valence-corrected chi connectivity index (χ0v) is 20.0. The summed E-state index contributed by atoms with van der Waals surface area (Å²) in [6.07, 6.45) is 0. The van der Waals surface area contributed by atoms with E-state index in [1.807, 2.05) is 43.3 Å². The first-order valence-corrected chi connectivity index (χ1v) is 12.6. The molecule has 0 aliphatic carbocycles. The van der Waals surface area contributed by atoms with E-state index in [4.69, 9.17) is 0 Å². The van der Waals surface area contributed by atoms with E-state index in [2.05, 4.69) is 58.7 Å². The predicted molar refractivity (Wildman–Crippen MR) is 133 cm³/mol. The summed E-state index contributed by atoms with van der Waals surface area (Å²) in [6, 6.07) is 22.7. The molecule has 0 aliphatic heterocycles. The Kier molecular flexibility index (Phi) is 5.53. The number of anilines is 1. The summed E-state index contributed by atoms with van der Waals surface area (Å²) >= 11 is 0. The van der Waals surface area contributed by atoms with E-state index in [1.54, 1.807) is 12.1 Å². The van der Waals surface area contributed by atoms with Crippen LogP contribution in [0.1, 0.15) is 36.5 Å². The minimum Gasteiger partial charge on any atom is -0.365 e. The van der Waals surface area contributed by atoms with Gasteiger partial charge in [0.25, 0.3) is 0 Å². The van der Waals surface area contributed by atoms with Gasteiger partial charge in [-0.05, 0) is 48.2 Å². The van der Waals surface area contributed by atoms with Crippen molar-refractivity contribution in [2.75, 3.05) is 5.32 Å².